The van der Waals surface area contributed by atoms with Gasteiger partial charge in [-0.3, -0.25) is 4.40 Å². The molecule has 5 heteroatoms. The van der Waals surface area contributed by atoms with E-state index in [-0.39, 0.29) is 6.04 Å². The maximum absolute atomic E-state index is 10.1. The molecule has 0 bridgehead atoms. The Hall–Kier alpha value is -4.04. The number of para-hydroxylation sites is 2. The van der Waals surface area contributed by atoms with Crippen molar-refractivity contribution < 1.29 is 4.42 Å². The monoisotopic (exact) mass is 448 g/mol. The van der Waals surface area contributed by atoms with E-state index in [0.717, 1.165) is 58.6 Å². The number of hydrogen-bond acceptors (Lipinski definition) is 4. The second-order valence-electron chi connectivity index (χ2n) is 8.91. The number of fused-ring (bicyclic) bond motifs is 3. The Kier molecular flexibility index (Phi) is 5.81. The summed E-state index contributed by atoms with van der Waals surface area (Å²) in [5, 5.41) is 10.1. The third kappa shape index (κ3) is 3.82. The molecule has 0 aliphatic heterocycles. The highest BCUT2D eigenvalue weighted by atomic mass is 16.3. The Morgan fingerprint density at radius 2 is 1.82 bits per heavy atom. The zero-order chi connectivity index (χ0) is 23.7. The highest BCUT2D eigenvalue weighted by Gasteiger charge is 2.25. The van der Waals surface area contributed by atoms with Crippen molar-refractivity contribution in [2.45, 2.75) is 39.2 Å². The molecular weight excluding hydrogens is 420 g/mol. The summed E-state index contributed by atoms with van der Waals surface area (Å²) >= 11 is 0. The van der Waals surface area contributed by atoms with Crippen molar-refractivity contribution in [3.8, 4) is 6.07 Å². The molecule has 0 aliphatic rings. The van der Waals surface area contributed by atoms with Gasteiger partial charge >= 0.3 is 0 Å². The average Bonchev–Trinajstić information content (AvgIpc) is 3.51. The van der Waals surface area contributed by atoms with Crippen molar-refractivity contribution >= 4 is 22.5 Å². The van der Waals surface area contributed by atoms with E-state index < -0.39 is 0 Å². The molecule has 3 aromatic heterocycles. The van der Waals surface area contributed by atoms with Crippen molar-refractivity contribution in [1.82, 2.24) is 9.38 Å². The average molecular weight is 449 g/mol. The number of rotatable bonds is 7. The lowest BCUT2D eigenvalue weighted by Crippen LogP contribution is -2.32. The molecule has 0 saturated carbocycles. The molecule has 34 heavy (non-hydrogen) atoms. The Labute approximate surface area is 199 Å². The van der Waals surface area contributed by atoms with Crippen LogP contribution < -0.4 is 4.90 Å². The van der Waals surface area contributed by atoms with E-state index in [9.17, 15) is 5.26 Å². The van der Waals surface area contributed by atoms with Crippen LogP contribution in [0.25, 0.3) is 16.7 Å². The molecular formula is C29H28N4O. The standard InChI is InChI=1S/C29H28N4O/c1-20(15-16-23-12-9-17-34-23)32(3)29-24(18-22-10-5-4-6-11-22)21(2)25(19-30)28-31-26-13-7-8-14-27(26)33(28)29/h4-14,17,20H,15-16,18H2,1-3H3. The minimum atomic E-state index is 0.247. The van der Waals surface area contributed by atoms with Gasteiger partial charge in [0.15, 0.2) is 5.65 Å². The summed E-state index contributed by atoms with van der Waals surface area (Å²) in [5.74, 6) is 2.09. The molecule has 2 aromatic carbocycles. The quantitative estimate of drug-likeness (QED) is 0.293. The summed E-state index contributed by atoms with van der Waals surface area (Å²) in [6.45, 7) is 4.30. The lowest BCUT2D eigenvalue weighted by atomic mass is 9.97. The Bertz CT molecular complexity index is 1480. The number of benzene rings is 2. The van der Waals surface area contributed by atoms with Crippen molar-refractivity contribution in [2.75, 3.05) is 11.9 Å². The van der Waals surface area contributed by atoms with Gasteiger partial charge in [-0.05, 0) is 55.7 Å². The number of hydrogen-bond donors (Lipinski definition) is 0. The maximum Gasteiger partial charge on any atom is 0.157 e. The molecule has 5 rings (SSSR count). The second kappa shape index (κ2) is 9.07. The molecule has 0 amide bonds. The van der Waals surface area contributed by atoms with Gasteiger partial charge in [-0.2, -0.15) is 5.26 Å². The second-order valence-corrected chi connectivity index (χ2v) is 8.91. The number of anilines is 1. The predicted molar refractivity (Wildman–Crippen MR) is 136 cm³/mol. The maximum atomic E-state index is 10.1. The fourth-order valence-electron chi connectivity index (χ4n) is 4.75. The smallest absolute Gasteiger partial charge is 0.157 e. The first-order valence-corrected chi connectivity index (χ1v) is 11.7. The van der Waals surface area contributed by atoms with Crippen LogP contribution in [-0.4, -0.2) is 22.5 Å². The SMILES string of the molecule is Cc1c(Cc2ccccc2)c(N(C)C(C)CCc2ccco2)n2c(nc3ccccc32)c1C#N. The molecule has 1 atom stereocenters. The molecule has 170 valence electrons. The molecule has 5 aromatic rings. The fourth-order valence-corrected chi connectivity index (χ4v) is 4.75. The van der Waals surface area contributed by atoms with Gasteiger partial charge in [-0.25, -0.2) is 4.98 Å². The molecule has 1 unspecified atom stereocenters. The number of pyridine rings is 1. The van der Waals surface area contributed by atoms with E-state index >= 15 is 0 Å². The van der Waals surface area contributed by atoms with Crippen LogP contribution in [0.15, 0.2) is 77.4 Å². The Balaban J connectivity index is 1.71. The number of imidazole rings is 1. The van der Waals surface area contributed by atoms with Gasteiger partial charge < -0.3 is 9.32 Å². The number of aromatic nitrogens is 2. The molecule has 0 radical (unpaired) electrons. The van der Waals surface area contributed by atoms with E-state index in [2.05, 4.69) is 66.6 Å². The van der Waals surface area contributed by atoms with Crippen molar-refractivity contribution in [3.63, 3.8) is 0 Å². The molecule has 5 nitrogen and oxygen atoms in total. The van der Waals surface area contributed by atoms with E-state index in [1.807, 2.05) is 36.4 Å². The zero-order valence-corrected chi connectivity index (χ0v) is 19.8. The predicted octanol–water partition coefficient (Wildman–Crippen LogP) is 6.31. The van der Waals surface area contributed by atoms with Crippen LogP contribution in [0.3, 0.4) is 0 Å². The van der Waals surface area contributed by atoms with E-state index in [4.69, 9.17) is 9.40 Å². The minimum absolute atomic E-state index is 0.247. The van der Waals surface area contributed by atoms with E-state index in [1.165, 1.54) is 5.56 Å². The molecule has 0 aliphatic carbocycles. The van der Waals surface area contributed by atoms with Crippen molar-refractivity contribution in [2.24, 2.45) is 0 Å². The third-order valence-corrected chi connectivity index (χ3v) is 6.81. The van der Waals surface area contributed by atoms with Crippen LogP contribution in [0.2, 0.25) is 0 Å². The van der Waals surface area contributed by atoms with E-state index in [0.29, 0.717) is 5.56 Å². The van der Waals surface area contributed by atoms with Crippen molar-refractivity contribution in [1.29, 1.82) is 5.26 Å². The number of nitrogens with zero attached hydrogens (tertiary/aromatic N) is 4. The molecule has 0 saturated heterocycles. The first-order valence-electron chi connectivity index (χ1n) is 11.7. The van der Waals surface area contributed by atoms with Gasteiger partial charge in [-0.1, -0.05) is 42.5 Å². The summed E-state index contributed by atoms with van der Waals surface area (Å²) in [5.41, 5.74) is 6.65. The Morgan fingerprint density at radius 3 is 2.56 bits per heavy atom. The fraction of sp³-hybridized carbons (Fsp3) is 0.241. The highest BCUT2D eigenvalue weighted by Crippen LogP contribution is 2.35. The van der Waals surface area contributed by atoms with Gasteiger partial charge in [0, 0.05) is 31.5 Å². The summed E-state index contributed by atoms with van der Waals surface area (Å²) in [6.07, 6.45) is 4.29. The van der Waals surface area contributed by atoms with Crippen LogP contribution in [0.1, 0.15) is 41.4 Å². The summed E-state index contributed by atoms with van der Waals surface area (Å²) in [4.78, 5) is 7.23. The van der Waals surface area contributed by atoms with Crippen LogP contribution in [0.4, 0.5) is 5.82 Å². The lowest BCUT2D eigenvalue weighted by molar-refractivity contribution is 0.486. The topological polar surface area (TPSA) is 57.5 Å². The summed E-state index contributed by atoms with van der Waals surface area (Å²) in [7, 11) is 2.15. The largest absolute Gasteiger partial charge is 0.469 e. The molecule has 0 N–H and O–H groups in total. The number of nitriles is 1. The molecule has 3 heterocycles. The minimum Gasteiger partial charge on any atom is -0.469 e. The first kappa shape index (κ1) is 21.8. The molecule has 0 fully saturated rings. The zero-order valence-electron chi connectivity index (χ0n) is 19.8. The van der Waals surface area contributed by atoms with Crippen LogP contribution in [-0.2, 0) is 12.8 Å². The van der Waals surface area contributed by atoms with Gasteiger partial charge in [-0.15, -0.1) is 0 Å². The summed E-state index contributed by atoms with van der Waals surface area (Å²) in [6, 6.07) is 25.2. The van der Waals surface area contributed by atoms with E-state index in [1.54, 1.807) is 6.26 Å². The van der Waals surface area contributed by atoms with Gasteiger partial charge in [0.25, 0.3) is 0 Å². The van der Waals surface area contributed by atoms with Gasteiger partial charge in [0.2, 0.25) is 0 Å². The highest BCUT2D eigenvalue weighted by molar-refractivity contribution is 5.86. The lowest BCUT2D eigenvalue weighted by Gasteiger charge is -2.31. The van der Waals surface area contributed by atoms with Crippen molar-refractivity contribution in [3.05, 3.63) is 101 Å². The molecule has 0 spiro atoms. The van der Waals surface area contributed by atoms with Crippen LogP contribution in [0, 0.1) is 18.3 Å². The van der Waals surface area contributed by atoms with Crippen LogP contribution >= 0.6 is 0 Å². The number of aryl methyl sites for hydroxylation is 1. The Morgan fingerprint density at radius 1 is 1.06 bits per heavy atom. The normalized spacial score (nSPS) is 12.2. The van der Waals surface area contributed by atoms with Crippen LogP contribution in [0.5, 0.6) is 0 Å². The van der Waals surface area contributed by atoms with Gasteiger partial charge in [0.05, 0.1) is 22.9 Å². The number of furan rings is 1. The third-order valence-electron chi connectivity index (χ3n) is 6.81. The summed E-state index contributed by atoms with van der Waals surface area (Å²) < 4.78 is 7.75. The first-order chi connectivity index (χ1) is 16.6. The van der Waals surface area contributed by atoms with Gasteiger partial charge in [0.1, 0.15) is 17.6 Å².